The summed E-state index contributed by atoms with van der Waals surface area (Å²) in [6.45, 7) is 3.67. The molecular formula is C15H17N3O5S2. The number of sulfone groups is 1. The third-order valence-electron chi connectivity index (χ3n) is 3.19. The van der Waals surface area contributed by atoms with Gasteiger partial charge in [-0.25, -0.2) is 13.2 Å². The van der Waals surface area contributed by atoms with Crippen molar-refractivity contribution in [1.29, 1.82) is 0 Å². The highest BCUT2D eigenvalue weighted by Crippen LogP contribution is 2.19. The van der Waals surface area contributed by atoms with E-state index in [0.717, 1.165) is 17.1 Å². The molecule has 2 rings (SSSR count). The molecule has 0 radical (unpaired) electrons. The second-order valence-electron chi connectivity index (χ2n) is 5.10. The van der Waals surface area contributed by atoms with Crippen LogP contribution in [0.25, 0.3) is 0 Å². The predicted molar refractivity (Wildman–Crippen MR) is 92.3 cm³/mol. The summed E-state index contributed by atoms with van der Waals surface area (Å²) in [6.07, 6.45) is -0.254. The number of rotatable bonds is 7. The normalized spacial score (nSPS) is 11.1. The first-order valence-corrected chi connectivity index (χ1v) is 9.85. The Morgan fingerprint density at radius 2 is 1.92 bits per heavy atom. The van der Waals surface area contributed by atoms with E-state index in [4.69, 9.17) is 4.74 Å². The molecule has 0 unspecified atom stereocenters. The third kappa shape index (κ3) is 5.07. The van der Waals surface area contributed by atoms with Crippen molar-refractivity contribution in [2.45, 2.75) is 25.2 Å². The van der Waals surface area contributed by atoms with Crippen LogP contribution in [0.15, 0.2) is 29.2 Å². The average molecular weight is 383 g/mol. The van der Waals surface area contributed by atoms with Crippen molar-refractivity contribution in [3.63, 3.8) is 0 Å². The minimum atomic E-state index is -3.57. The Morgan fingerprint density at radius 1 is 1.24 bits per heavy atom. The van der Waals surface area contributed by atoms with Gasteiger partial charge >= 0.3 is 5.97 Å². The van der Waals surface area contributed by atoms with Gasteiger partial charge in [-0.3, -0.25) is 4.79 Å². The summed E-state index contributed by atoms with van der Waals surface area (Å²) in [6, 6.07) is 6.41. The van der Waals surface area contributed by atoms with Gasteiger partial charge in [-0.2, -0.15) is 0 Å². The van der Waals surface area contributed by atoms with Gasteiger partial charge in [0.2, 0.25) is 11.6 Å². The van der Waals surface area contributed by atoms with Gasteiger partial charge in [-0.05, 0) is 26.0 Å². The van der Waals surface area contributed by atoms with Crippen molar-refractivity contribution in [2.24, 2.45) is 0 Å². The van der Waals surface area contributed by atoms with Crippen molar-refractivity contribution in [3.8, 4) is 0 Å². The number of benzene rings is 1. The Kier molecular flexibility index (Phi) is 6.21. The summed E-state index contributed by atoms with van der Waals surface area (Å²) in [4.78, 5) is 23.8. The molecule has 1 heterocycles. The van der Waals surface area contributed by atoms with Gasteiger partial charge in [0.15, 0.2) is 14.8 Å². The summed E-state index contributed by atoms with van der Waals surface area (Å²) in [5.41, 5.74) is 0.850. The average Bonchev–Trinajstić information content (AvgIpc) is 3.02. The number of ether oxygens (including phenoxy) is 1. The van der Waals surface area contributed by atoms with Crippen LogP contribution in [-0.4, -0.2) is 42.2 Å². The van der Waals surface area contributed by atoms with Crippen LogP contribution >= 0.6 is 11.5 Å². The Hall–Kier alpha value is -2.33. The summed E-state index contributed by atoms with van der Waals surface area (Å²) in [7, 11) is -3.57. The molecule has 10 heteroatoms. The van der Waals surface area contributed by atoms with Crippen LogP contribution in [0.5, 0.6) is 0 Å². The molecule has 1 aromatic heterocycles. The summed E-state index contributed by atoms with van der Waals surface area (Å²) >= 11 is 0.820. The molecule has 0 aliphatic carbocycles. The van der Waals surface area contributed by atoms with Gasteiger partial charge in [-0.1, -0.05) is 22.2 Å². The quantitative estimate of drug-likeness (QED) is 0.725. The topological polar surface area (TPSA) is 115 Å². The molecule has 8 nitrogen and oxygen atoms in total. The van der Waals surface area contributed by atoms with Gasteiger partial charge < -0.3 is 10.1 Å². The minimum absolute atomic E-state index is 0.0957. The number of carbonyl (C=O) groups excluding carboxylic acids is 2. The first-order chi connectivity index (χ1) is 11.8. The van der Waals surface area contributed by atoms with Crippen LogP contribution in [-0.2, 0) is 19.4 Å². The smallest absolute Gasteiger partial charge is 0.362 e. The fraction of sp³-hybridized carbons (Fsp3) is 0.333. The zero-order chi connectivity index (χ0) is 18.4. The van der Waals surface area contributed by atoms with Crippen LogP contribution in [0.2, 0.25) is 0 Å². The largest absolute Gasteiger partial charge is 0.461 e. The number of aryl methyl sites for hydroxylation is 1. The lowest BCUT2D eigenvalue weighted by atomic mass is 10.2. The van der Waals surface area contributed by atoms with Crippen LogP contribution < -0.4 is 5.32 Å². The van der Waals surface area contributed by atoms with Gasteiger partial charge in [0.25, 0.3) is 0 Å². The molecule has 1 amide bonds. The maximum absolute atomic E-state index is 12.2. The number of nitrogens with zero attached hydrogens (tertiary/aromatic N) is 2. The van der Waals surface area contributed by atoms with Crippen molar-refractivity contribution >= 4 is 38.2 Å². The Labute approximate surface area is 149 Å². The van der Waals surface area contributed by atoms with E-state index in [1.807, 2.05) is 6.92 Å². The number of hydrogen-bond acceptors (Lipinski definition) is 8. The second-order valence-corrected chi connectivity index (χ2v) is 7.96. The fourth-order valence-electron chi connectivity index (χ4n) is 1.89. The molecule has 0 atom stereocenters. The van der Waals surface area contributed by atoms with Crippen LogP contribution in [0.3, 0.4) is 0 Å². The monoisotopic (exact) mass is 383 g/mol. The minimum Gasteiger partial charge on any atom is -0.461 e. The maximum atomic E-state index is 12.2. The molecule has 1 aromatic carbocycles. The van der Waals surface area contributed by atoms with Crippen molar-refractivity contribution in [3.05, 3.63) is 35.5 Å². The third-order valence-corrected chi connectivity index (χ3v) is 5.56. The highest BCUT2D eigenvalue weighted by molar-refractivity contribution is 7.91. The zero-order valence-electron chi connectivity index (χ0n) is 13.7. The lowest BCUT2D eigenvalue weighted by Crippen LogP contribution is -2.18. The number of carbonyl (C=O) groups is 2. The highest BCUT2D eigenvalue weighted by atomic mass is 32.2. The molecule has 0 aliphatic heterocycles. The Bertz CT molecular complexity index is 860. The SMILES string of the molecule is CCOC(=O)c1nnsc1NC(=O)CCS(=O)(=O)c1ccc(C)cc1. The molecular weight excluding hydrogens is 366 g/mol. The van der Waals surface area contributed by atoms with E-state index >= 15 is 0 Å². The van der Waals surface area contributed by atoms with E-state index in [1.165, 1.54) is 12.1 Å². The van der Waals surface area contributed by atoms with E-state index in [0.29, 0.717) is 0 Å². The van der Waals surface area contributed by atoms with Gasteiger partial charge in [-0.15, -0.1) is 5.10 Å². The molecule has 1 N–H and O–H groups in total. The van der Waals surface area contributed by atoms with E-state index in [1.54, 1.807) is 19.1 Å². The number of amides is 1. The Morgan fingerprint density at radius 3 is 2.56 bits per heavy atom. The first-order valence-electron chi connectivity index (χ1n) is 7.42. The summed E-state index contributed by atoms with van der Waals surface area (Å²) < 4.78 is 32.9. The lowest BCUT2D eigenvalue weighted by molar-refractivity contribution is -0.115. The fourth-order valence-corrected chi connectivity index (χ4v) is 3.70. The summed E-state index contributed by atoms with van der Waals surface area (Å²) in [5, 5.41) is 6.20. The van der Waals surface area contributed by atoms with Gasteiger partial charge in [0, 0.05) is 18.0 Å². The van der Waals surface area contributed by atoms with E-state index in [2.05, 4.69) is 14.9 Å². The zero-order valence-corrected chi connectivity index (χ0v) is 15.3. The maximum Gasteiger partial charge on any atom is 0.362 e. The van der Waals surface area contributed by atoms with E-state index < -0.39 is 21.7 Å². The molecule has 0 fully saturated rings. The predicted octanol–water partition coefficient (Wildman–Crippen LogP) is 1.83. The lowest BCUT2D eigenvalue weighted by Gasteiger charge is -2.06. The number of esters is 1. The second kappa shape index (κ2) is 8.17. The van der Waals surface area contributed by atoms with Gasteiger partial charge in [0.1, 0.15) is 0 Å². The van der Waals surface area contributed by atoms with E-state index in [-0.39, 0.29) is 34.4 Å². The highest BCUT2D eigenvalue weighted by Gasteiger charge is 2.21. The molecule has 0 saturated carbocycles. The molecule has 0 spiro atoms. The molecule has 0 aliphatic rings. The standard InChI is InChI=1S/C15H17N3O5S2/c1-3-23-15(20)13-14(24-18-17-13)16-12(19)8-9-25(21,22)11-6-4-10(2)5-7-11/h4-7H,3,8-9H2,1-2H3,(H,16,19). The van der Waals surface area contributed by atoms with Crippen LogP contribution in [0, 0.1) is 6.92 Å². The Balaban J connectivity index is 1.98. The van der Waals surface area contributed by atoms with Crippen LogP contribution in [0.1, 0.15) is 29.4 Å². The van der Waals surface area contributed by atoms with E-state index in [9.17, 15) is 18.0 Å². The number of nitrogens with one attached hydrogen (secondary N) is 1. The molecule has 0 bridgehead atoms. The molecule has 0 saturated heterocycles. The molecule has 2 aromatic rings. The van der Waals surface area contributed by atoms with Gasteiger partial charge in [0.05, 0.1) is 17.3 Å². The van der Waals surface area contributed by atoms with Crippen molar-refractivity contribution in [1.82, 2.24) is 9.59 Å². The number of aromatic nitrogens is 2. The van der Waals surface area contributed by atoms with Crippen LogP contribution in [0.4, 0.5) is 5.00 Å². The summed E-state index contributed by atoms with van der Waals surface area (Å²) in [5.74, 6) is -1.59. The first kappa shape index (κ1) is 19.0. The van der Waals surface area contributed by atoms with Crippen molar-refractivity contribution in [2.75, 3.05) is 17.7 Å². The molecule has 25 heavy (non-hydrogen) atoms. The number of hydrogen-bond donors (Lipinski definition) is 1. The van der Waals surface area contributed by atoms with Crippen molar-refractivity contribution < 1.29 is 22.7 Å². The molecule has 134 valence electrons. The number of anilines is 1.